The van der Waals surface area contributed by atoms with Crippen molar-refractivity contribution in [3.05, 3.63) is 35.4 Å². The molecule has 1 saturated heterocycles. The van der Waals surface area contributed by atoms with Gasteiger partial charge in [0.1, 0.15) is 0 Å². The molecule has 19 heavy (non-hydrogen) atoms. The summed E-state index contributed by atoms with van der Waals surface area (Å²) in [5, 5.41) is 18.1. The summed E-state index contributed by atoms with van der Waals surface area (Å²) >= 11 is 0. The van der Waals surface area contributed by atoms with Crippen LogP contribution >= 0.6 is 0 Å². The van der Waals surface area contributed by atoms with Crippen LogP contribution in [0, 0.1) is 16.7 Å². The molecule has 4 nitrogen and oxygen atoms in total. The number of aliphatic carboxylic acids is 1. The summed E-state index contributed by atoms with van der Waals surface area (Å²) in [6.45, 7) is 4.19. The predicted octanol–water partition coefficient (Wildman–Crippen LogP) is 2.24. The third-order valence-electron chi connectivity index (χ3n) is 3.94. The fourth-order valence-corrected chi connectivity index (χ4v) is 2.42. The van der Waals surface area contributed by atoms with Crippen LogP contribution in [0.4, 0.5) is 0 Å². The van der Waals surface area contributed by atoms with Crippen molar-refractivity contribution in [3.63, 3.8) is 0 Å². The molecule has 100 valence electrons. The minimum Gasteiger partial charge on any atom is -0.481 e. The number of likely N-dealkylation sites (tertiary alicyclic amines) is 1. The molecule has 1 aliphatic rings. The Kier molecular flexibility index (Phi) is 3.87. The number of piperidine rings is 1. The molecule has 0 unspecified atom stereocenters. The van der Waals surface area contributed by atoms with Crippen molar-refractivity contribution in [3.8, 4) is 6.07 Å². The van der Waals surface area contributed by atoms with Gasteiger partial charge in [-0.05, 0) is 50.6 Å². The molecule has 0 saturated carbocycles. The Labute approximate surface area is 113 Å². The van der Waals surface area contributed by atoms with Crippen LogP contribution in [0.5, 0.6) is 0 Å². The molecule has 0 aromatic heterocycles. The number of nitrogens with zero attached hydrogens (tertiary/aromatic N) is 2. The molecule has 0 spiro atoms. The third-order valence-corrected chi connectivity index (χ3v) is 3.94. The molecular formula is C15H18N2O2. The topological polar surface area (TPSA) is 64.3 Å². The van der Waals surface area contributed by atoms with Crippen LogP contribution in [0.15, 0.2) is 24.3 Å². The number of benzene rings is 1. The van der Waals surface area contributed by atoms with E-state index in [1.54, 1.807) is 6.07 Å². The first kappa shape index (κ1) is 13.6. The van der Waals surface area contributed by atoms with Crippen molar-refractivity contribution in [2.45, 2.75) is 26.3 Å². The van der Waals surface area contributed by atoms with Gasteiger partial charge in [0, 0.05) is 6.54 Å². The van der Waals surface area contributed by atoms with Gasteiger partial charge < -0.3 is 5.11 Å². The molecule has 0 amide bonds. The lowest BCUT2D eigenvalue weighted by atomic mass is 9.80. The molecule has 1 fully saturated rings. The first-order chi connectivity index (χ1) is 9.03. The van der Waals surface area contributed by atoms with E-state index in [4.69, 9.17) is 5.26 Å². The van der Waals surface area contributed by atoms with Gasteiger partial charge in [-0.3, -0.25) is 9.69 Å². The largest absolute Gasteiger partial charge is 0.481 e. The van der Waals surface area contributed by atoms with Crippen molar-refractivity contribution in [2.24, 2.45) is 5.41 Å². The zero-order chi connectivity index (χ0) is 13.9. The van der Waals surface area contributed by atoms with E-state index in [0.29, 0.717) is 18.4 Å². The number of carbonyl (C=O) groups is 1. The summed E-state index contributed by atoms with van der Waals surface area (Å²) in [6.07, 6.45) is 1.36. The van der Waals surface area contributed by atoms with E-state index < -0.39 is 11.4 Å². The maximum absolute atomic E-state index is 11.2. The quantitative estimate of drug-likeness (QED) is 0.903. The monoisotopic (exact) mass is 258 g/mol. The van der Waals surface area contributed by atoms with Gasteiger partial charge >= 0.3 is 5.97 Å². The Morgan fingerprint density at radius 2 is 2.16 bits per heavy atom. The van der Waals surface area contributed by atoms with Crippen LogP contribution in [0.1, 0.15) is 30.9 Å². The zero-order valence-corrected chi connectivity index (χ0v) is 11.1. The van der Waals surface area contributed by atoms with Crippen molar-refractivity contribution >= 4 is 5.97 Å². The molecule has 0 radical (unpaired) electrons. The van der Waals surface area contributed by atoms with Crippen molar-refractivity contribution in [2.75, 3.05) is 13.1 Å². The summed E-state index contributed by atoms with van der Waals surface area (Å²) in [4.78, 5) is 13.4. The number of hydrogen-bond donors (Lipinski definition) is 1. The van der Waals surface area contributed by atoms with Crippen molar-refractivity contribution in [1.29, 1.82) is 5.26 Å². The molecule has 0 atom stereocenters. The number of rotatable bonds is 3. The van der Waals surface area contributed by atoms with Gasteiger partial charge in [-0.15, -0.1) is 0 Å². The molecule has 1 aromatic rings. The van der Waals surface area contributed by atoms with Gasteiger partial charge in [0.2, 0.25) is 0 Å². The number of carboxylic acid groups (broad SMARTS) is 1. The Bertz CT molecular complexity index is 511. The number of carboxylic acids is 1. The standard InChI is InChI=1S/C15H18N2O2/c1-15(14(18)19)5-7-17(8-6-15)11-13-4-2-3-12(9-13)10-16/h2-4,9H,5-8,11H2,1H3,(H,18,19). The van der Waals surface area contributed by atoms with E-state index in [9.17, 15) is 9.90 Å². The fourth-order valence-electron chi connectivity index (χ4n) is 2.42. The average molecular weight is 258 g/mol. The highest BCUT2D eigenvalue weighted by atomic mass is 16.4. The normalized spacial score (nSPS) is 18.7. The first-order valence-electron chi connectivity index (χ1n) is 6.48. The maximum atomic E-state index is 11.2. The van der Waals surface area contributed by atoms with Crippen molar-refractivity contribution in [1.82, 2.24) is 4.90 Å². The Morgan fingerprint density at radius 1 is 1.47 bits per heavy atom. The van der Waals surface area contributed by atoms with Crippen LogP contribution in [0.2, 0.25) is 0 Å². The van der Waals surface area contributed by atoms with Crippen LogP contribution < -0.4 is 0 Å². The van der Waals surface area contributed by atoms with Gasteiger partial charge in [-0.25, -0.2) is 0 Å². The fraction of sp³-hybridized carbons (Fsp3) is 0.467. The summed E-state index contributed by atoms with van der Waals surface area (Å²) in [5.41, 5.74) is 1.20. The molecule has 1 aliphatic heterocycles. The van der Waals surface area contributed by atoms with Crippen LogP contribution in [0.25, 0.3) is 0 Å². The molecule has 1 N–H and O–H groups in total. The molecule has 4 heteroatoms. The molecule has 1 heterocycles. The molecule has 1 aromatic carbocycles. The minimum atomic E-state index is -0.696. The number of hydrogen-bond acceptors (Lipinski definition) is 3. The molecule has 2 rings (SSSR count). The van der Waals surface area contributed by atoms with Crippen LogP contribution in [-0.2, 0) is 11.3 Å². The molecule has 0 aliphatic carbocycles. The molecular weight excluding hydrogens is 240 g/mol. The van der Waals surface area contributed by atoms with E-state index in [1.165, 1.54) is 0 Å². The lowest BCUT2D eigenvalue weighted by molar-refractivity contribution is -0.150. The van der Waals surface area contributed by atoms with Crippen LogP contribution in [-0.4, -0.2) is 29.1 Å². The van der Waals surface area contributed by atoms with Gasteiger partial charge in [-0.2, -0.15) is 5.26 Å². The van der Waals surface area contributed by atoms with Gasteiger partial charge in [0.15, 0.2) is 0 Å². The highest BCUT2D eigenvalue weighted by Gasteiger charge is 2.36. The summed E-state index contributed by atoms with van der Waals surface area (Å²) in [6, 6.07) is 9.72. The summed E-state index contributed by atoms with van der Waals surface area (Å²) < 4.78 is 0. The summed E-state index contributed by atoms with van der Waals surface area (Å²) in [7, 11) is 0. The maximum Gasteiger partial charge on any atom is 0.309 e. The zero-order valence-electron chi connectivity index (χ0n) is 11.1. The molecule has 0 bridgehead atoms. The Hall–Kier alpha value is -1.86. The second-order valence-electron chi connectivity index (χ2n) is 5.45. The smallest absolute Gasteiger partial charge is 0.309 e. The van der Waals surface area contributed by atoms with E-state index in [0.717, 1.165) is 25.2 Å². The first-order valence-corrected chi connectivity index (χ1v) is 6.48. The minimum absolute atomic E-state index is 0.578. The second-order valence-corrected chi connectivity index (χ2v) is 5.45. The van der Waals surface area contributed by atoms with Gasteiger partial charge in [0.25, 0.3) is 0 Å². The van der Waals surface area contributed by atoms with E-state index in [1.807, 2.05) is 25.1 Å². The third kappa shape index (κ3) is 3.12. The van der Waals surface area contributed by atoms with Crippen LogP contribution in [0.3, 0.4) is 0 Å². The van der Waals surface area contributed by atoms with E-state index in [2.05, 4.69) is 11.0 Å². The Balaban J connectivity index is 1.96. The van der Waals surface area contributed by atoms with E-state index >= 15 is 0 Å². The lowest BCUT2D eigenvalue weighted by Gasteiger charge is -2.36. The lowest BCUT2D eigenvalue weighted by Crippen LogP contribution is -2.42. The van der Waals surface area contributed by atoms with Gasteiger partial charge in [0.05, 0.1) is 17.0 Å². The Morgan fingerprint density at radius 3 is 2.74 bits per heavy atom. The average Bonchev–Trinajstić information content (AvgIpc) is 2.42. The van der Waals surface area contributed by atoms with Gasteiger partial charge in [-0.1, -0.05) is 12.1 Å². The second kappa shape index (κ2) is 5.41. The SMILES string of the molecule is CC1(C(=O)O)CCN(Cc2cccc(C#N)c2)CC1. The highest BCUT2D eigenvalue weighted by molar-refractivity contribution is 5.74. The predicted molar refractivity (Wildman–Crippen MR) is 71.4 cm³/mol. The number of nitriles is 1. The highest BCUT2D eigenvalue weighted by Crippen LogP contribution is 2.31. The summed E-state index contributed by atoms with van der Waals surface area (Å²) in [5.74, 6) is -0.696. The van der Waals surface area contributed by atoms with E-state index in [-0.39, 0.29) is 0 Å². The van der Waals surface area contributed by atoms with Crippen molar-refractivity contribution < 1.29 is 9.90 Å².